The first-order valence-electron chi connectivity index (χ1n) is 7.18. The number of dihydropyridines is 1. The van der Waals surface area contributed by atoms with E-state index in [1.165, 1.54) is 19.3 Å². The van der Waals surface area contributed by atoms with E-state index in [0.717, 1.165) is 36.6 Å². The maximum atomic E-state index is 8.01. The van der Waals surface area contributed by atoms with Crippen molar-refractivity contribution >= 4 is 11.4 Å². The molecular weight excluding hydrogens is 238 g/mol. The highest BCUT2D eigenvalue weighted by Crippen LogP contribution is 2.33. The minimum absolute atomic E-state index is 0.0829. The first-order valence-corrected chi connectivity index (χ1v) is 7.18. The van der Waals surface area contributed by atoms with Gasteiger partial charge < -0.3 is 10.1 Å². The highest BCUT2D eigenvalue weighted by Gasteiger charge is 2.28. The van der Waals surface area contributed by atoms with Crippen molar-refractivity contribution in [3.8, 4) is 0 Å². The average molecular weight is 259 g/mol. The second-order valence-corrected chi connectivity index (χ2v) is 5.53. The van der Waals surface area contributed by atoms with Crippen LogP contribution in [0.5, 0.6) is 0 Å². The lowest BCUT2D eigenvalue weighted by atomic mass is 10.1. The summed E-state index contributed by atoms with van der Waals surface area (Å²) in [5.74, 6) is 0.623. The van der Waals surface area contributed by atoms with E-state index in [0.29, 0.717) is 11.6 Å². The lowest BCUT2D eigenvalue weighted by Gasteiger charge is -2.25. The van der Waals surface area contributed by atoms with Crippen molar-refractivity contribution in [3.05, 3.63) is 23.5 Å². The third-order valence-corrected chi connectivity index (χ3v) is 3.82. The molecule has 2 aliphatic heterocycles. The molecule has 1 saturated carbocycles. The van der Waals surface area contributed by atoms with Crippen molar-refractivity contribution in [1.82, 2.24) is 5.32 Å². The van der Waals surface area contributed by atoms with Crippen LogP contribution in [-0.2, 0) is 4.74 Å². The molecule has 0 amide bonds. The Labute approximate surface area is 114 Å². The minimum Gasteiger partial charge on any atom is -0.362 e. The molecule has 1 saturated heterocycles. The molecule has 4 nitrogen and oxygen atoms in total. The highest BCUT2D eigenvalue weighted by atomic mass is 16.5. The Bertz CT molecular complexity index is 466. The van der Waals surface area contributed by atoms with Crippen LogP contribution < -0.4 is 5.32 Å². The molecule has 1 aliphatic carbocycles. The number of hydrogen-bond acceptors (Lipinski definition) is 4. The molecule has 3 rings (SSSR count). The Morgan fingerprint density at radius 3 is 2.84 bits per heavy atom. The SMILES string of the molecule is C/C(NC1CCCCO1)=C1\N=C(C2CC2)C=CC1=N. The van der Waals surface area contributed by atoms with E-state index >= 15 is 0 Å². The highest BCUT2D eigenvalue weighted by molar-refractivity contribution is 6.16. The summed E-state index contributed by atoms with van der Waals surface area (Å²) in [4.78, 5) is 4.66. The van der Waals surface area contributed by atoms with Gasteiger partial charge in [0.2, 0.25) is 0 Å². The molecule has 1 atom stereocenters. The molecule has 0 aromatic rings. The fraction of sp³-hybridized carbons (Fsp3) is 0.600. The first kappa shape index (κ1) is 12.6. The van der Waals surface area contributed by atoms with E-state index in [2.05, 4.69) is 10.3 Å². The minimum atomic E-state index is 0.0829. The number of hydrogen-bond donors (Lipinski definition) is 2. The molecule has 0 radical (unpaired) electrons. The maximum absolute atomic E-state index is 8.01. The fourth-order valence-corrected chi connectivity index (χ4v) is 2.53. The predicted molar refractivity (Wildman–Crippen MR) is 76.5 cm³/mol. The van der Waals surface area contributed by atoms with Gasteiger partial charge in [0.1, 0.15) is 11.9 Å². The summed E-state index contributed by atoms with van der Waals surface area (Å²) in [5, 5.41) is 11.4. The lowest BCUT2D eigenvalue weighted by Crippen LogP contribution is -2.34. The van der Waals surface area contributed by atoms with Crippen molar-refractivity contribution in [3.63, 3.8) is 0 Å². The molecule has 0 aromatic heterocycles. The monoisotopic (exact) mass is 259 g/mol. The van der Waals surface area contributed by atoms with E-state index in [4.69, 9.17) is 10.1 Å². The number of allylic oxidation sites excluding steroid dienone is 3. The van der Waals surface area contributed by atoms with Gasteiger partial charge in [-0.15, -0.1) is 0 Å². The molecule has 0 aromatic carbocycles. The molecule has 1 unspecified atom stereocenters. The van der Waals surface area contributed by atoms with Crippen LogP contribution in [0.4, 0.5) is 0 Å². The summed E-state index contributed by atoms with van der Waals surface area (Å²) in [5.41, 5.74) is 3.36. The summed E-state index contributed by atoms with van der Waals surface area (Å²) in [7, 11) is 0. The number of aliphatic imine (C=N–C) groups is 1. The summed E-state index contributed by atoms with van der Waals surface area (Å²) in [6, 6.07) is 0. The van der Waals surface area contributed by atoms with Crippen molar-refractivity contribution < 1.29 is 4.74 Å². The number of nitrogens with zero attached hydrogens (tertiary/aromatic N) is 1. The van der Waals surface area contributed by atoms with Crippen molar-refractivity contribution in [2.24, 2.45) is 10.9 Å². The van der Waals surface area contributed by atoms with Gasteiger partial charge in [-0.1, -0.05) is 0 Å². The quantitative estimate of drug-likeness (QED) is 0.818. The second-order valence-electron chi connectivity index (χ2n) is 5.53. The van der Waals surface area contributed by atoms with Crippen molar-refractivity contribution in [2.45, 2.75) is 45.3 Å². The number of ether oxygens (including phenoxy) is 1. The predicted octanol–water partition coefficient (Wildman–Crippen LogP) is 2.77. The normalized spacial score (nSPS) is 30.1. The van der Waals surface area contributed by atoms with E-state index in [1.807, 2.05) is 19.1 Å². The third kappa shape index (κ3) is 2.95. The standard InChI is InChI=1S/C15H21N3O/c1-10(17-14-4-2-3-9-19-14)15-12(16)7-8-13(18-15)11-5-6-11/h7-8,11,14,16-17H,2-6,9H2,1H3/b15-10+,16-12?. The van der Waals surface area contributed by atoms with Crippen molar-refractivity contribution in [2.75, 3.05) is 6.61 Å². The summed E-state index contributed by atoms with van der Waals surface area (Å²) in [6.07, 6.45) is 9.80. The van der Waals surface area contributed by atoms with E-state index < -0.39 is 0 Å². The van der Waals surface area contributed by atoms with Gasteiger partial charge in [-0.05, 0) is 51.2 Å². The molecule has 4 heteroatoms. The largest absolute Gasteiger partial charge is 0.362 e. The smallest absolute Gasteiger partial charge is 0.127 e. The second kappa shape index (κ2) is 5.29. The zero-order valence-corrected chi connectivity index (χ0v) is 11.4. The first-order chi connectivity index (χ1) is 9.24. The molecule has 2 heterocycles. The van der Waals surface area contributed by atoms with Gasteiger partial charge in [0, 0.05) is 23.9 Å². The van der Waals surface area contributed by atoms with Gasteiger partial charge in [0.05, 0.1) is 5.71 Å². The van der Waals surface area contributed by atoms with Crippen LogP contribution in [0.3, 0.4) is 0 Å². The van der Waals surface area contributed by atoms with Crippen LogP contribution in [0.25, 0.3) is 0 Å². The summed E-state index contributed by atoms with van der Waals surface area (Å²) in [6.45, 7) is 2.82. The van der Waals surface area contributed by atoms with Gasteiger partial charge in [-0.25, -0.2) is 4.99 Å². The third-order valence-electron chi connectivity index (χ3n) is 3.82. The van der Waals surface area contributed by atoms with Crippen LogP contribution in [0.2, 0.25) is 0 Å². The molecule has 2 fully saturated rings. The van der Waals surface area contributed by atoms with Crippen LogP contribution >= 0.6 is 0 Å². The van der Waals surface area contributed by atoms with Crippen LogP contribution in [0, 0.1) is 11.3 Å². The van der Waals surface area contributed by atoms with E-state index in [1.54, 1.807) is 0 Å². The molecule has 3 aliphatic rings. The Morgan fingerprint density at radius 1 is 1.32 bits per heavy atom. The maximum Gasteiger partial charge on any atom is 0.127 e. The average Bonchev–Trinajstić information content (AvgIpc) is 3.25. The molecule has 0 bridgehead atoms. The lowest BCUT2D eigenvalue weighted by molar-refractivity contribution is 0.00104. The molecular formula is C15H21N3O. The van der Waals surface area contributed by atoms with Crippen LogP contribution in [0.1, 0.15) is 39.0 Å². The van der Waals surface area contributed by atoms with Gasteiger partial charge in [-0.3, -0.25) is 5.41 Å². The van der Waals surface area contributed by atoms with Crippen LogP contribution in [-0.4, -0.2) is 24.3 Å². The van der Waals surface area contributed by atoms with Gasteiger partial charge in [-0.2, -0.15) is 0 Å². The Morgan fingerprint density at radius 2 is 2.16 bits per heavy atom. The Balaban J connectivity index is 1.75. The van der Waals surface area contributed by atoms with E-state index in [-0.39, 0.29) is 6.23 Å². The Hall–Kier alpha value is -1.42. The Kier molecular flexibility index (Phi) is 3.51. The van der Waals surface area contributed by atoms with Crippen molar-refractivity contribution in [1.29, 1.82) is 5.41 Å². The number of nitrogens with one attached hydrogen (secondary N) is 2. The van der Waals surface area contributed by atoms with Gasteiger partial charge in [0.15, 0.2) is 0 Å². The zero-order chi connectivity index (χ0) is 13.2. The molecule has 2 N–H and O–H groups in total. The van der Waals surface area contributed by atoms with Gasteiger partial charge in [0.25, 0.3) is 0 Å². The topological polar surface area (TPSA) is 57.5 Å². The molecule has 102 valence electrons. The molecule has 19 heavy (non-hydrogen) atoms. The fourth-order valence-electron chi connectivity index (χ4n) is 2.53. The summed E-state index contributed by atoms with van der Waals surface area (Å²) < 4.78 is 5.68. The molecule has 0 spiro atoms. The number of rotatable bonds is 3. The van der Waals surface area contributed by atoms with E-state index in [9.17, 15) is 0 Å². The summed E-state index contributed by atoms with van der Waals surface area (Å²) >= 11 is 0. The van der Waals surface area contributed by atoms with Crippen LogP contribution in [0.15, 0.2) is 28.5 Å². The zero-order valence-electron chi connectivity index (χ0n) is 11.4. The van der Waals surface area contributed by atoms with Gasteiger partial charge >= 0.3 is 0 Å².